The average Bonchev–Trinajstić information content (AvgIpc) is 2.67. The van der Waals surface area contributed by atoms with E-state index in [2.05, 4.69) is 5.10 Å². The van der Waals surface area contributed by atoms with Crippen LogP contribution < -0.4 is 0 Å². The highest BCUT2D eigenvalue weighted by molar-refractivity contribution is 5.65. The first-order valence-corrected chi connectivity index (χ1v) is 4.23. The quantitative estimate of drug-likeness (QED) is 0.626. The maximum absolute atomic E-state index is 10.6. The molecule has 1 amide bonds. The second-order valence-electron chi connectivity index (χ2n) is 2.95. The van der Waals surface area contributed by atoms with Crippen molar-refractivity contribution in [3.63, 3.8) is 0 Å². The molecule has 0 aromatic heterocycles. The van der Waals surface area contributed by atoms with Crippen LogP contribution in [0, 0.1) is 0 Å². The molecule has 1 heterocycles. The van der Waals surface area contributed by atoms with Crippen molar-refractivity contribution in [3.05, 3.63) is 35.9 Å². The molecular formula is C10H10N2O. The SMILES string of the molecule is O=CN1N=CC[C@H]1c1ccccc1. The van der Waals surface area contributed by atoms with Crippen LogP contribution in [-0.4, -0.2) is 17.6 Å². The van der Waals surface area contributed by atoms with Gasteiger partial charge in [-0.05, 0) is 5.56 Å². The van der Waals surface area contributed by atoms with Crippen LogP contribution in [0.15, 0.2) is 35.4 Å². The summed E-state index contributed by atoms with van der Waals surface area (Å²) in [5.41, 5.74) is 1.13. The van der Waals surface area contributed by atoms with Crippen LogP contribution in [0.1, 0.15) is 18.0 Å². The molecule has 0 aliphatic carbocycles. The molecule has 3 nitrogen and oxygen atoms in total. The Morgan fingerprint density at radius 2 is 2.15 bits per heavy atom. The number of hydrogen-bond acceptors (Lipinski definition) is 2. The van der Waals surface area contributed by atoms with Gasteiger partial charge in [0.05, 0.1) is 6.04 Å². The molecule has 0 unspecified atom stereocenters. The monoisotopic (exact) mass is 174 g/mol. The molecule has 2 rings (SSSR count). The van der Waals surface area contributed by atoms with Crippen LogP contribution in [0.3, 0.4) is 0 Å². The van der Waals surface area contributed by atoms with Crippen molar-refractivity contribution in [2.45, 2.75) is 12.5 Å². The average molecular weight is 174 g/mol. The van der Waals surface area contributed by atoms with Gasteiger partial charge in [-0.2, -0.15) is 5.10 Å². The van der Waals surface area contributed by atoms with Crippen molar-refractivity contribution >= 4 is 12.6 Å². The summed E-state index contributed by atoms with van der Waals surface area (Å²) >= 11 is 0. The summed E-state index contributed by atoms with van der Waals surface area (Å²) in [6.45, 7) is 0. The third-order valence-corrected chi connectivity index (χ3v) is 2.16. The van der Waals surface area contributed by atoms with E-state index >= 15 is 0 Å². The van der Waals surface area contributed by atoms with Gasteiger partial charge < -0.3 is 0 Å². The van der Waals surface area contributed by atoms with Gasteiger partial charge in [-0.1, -0.05) is 30.3 Å². The second-order valence-corrected chi connectivity index (χ2v) is 2.95. The minimum atomic E-state index is 0.0960. The smallest absolute Gasteiger partial charge is 0.230 e. The standard InChI is InChI=1S/C10H10N2O/c13-8-12-10(6-7-11-12)9-4-2-1-3-5-9/h1-5,7-8,10H,6H2/t10-/m0/s1. The second kappa shape index (κ2) is 3.39. The van der Waals surface area contributed by atoms with Crippen molar-refractivity contribution in [2.24, 2.45) is 5.10 Å². The summed E-state index contributed by atoms with van der Waals surface area (Å²) in [6.07, 6.45) is 3.34. The summed E-state index contributed by atoms with van der Waals surface area (Å²) in [5.74, 6) is 0. The summed E-state index contributed by atoms with van der Waals surface area (Å²) in [6, 6.07) is 10.0. The molecule has 1 aromatic carbocycles. The van der Waals surface area contributed by atoms with Gasteiger partial charge in [0.25, 0.3) is 0 Å². The van der Waals surface area contributed by atoms with Crippen LogP contribution in [0.25, 0.3) is 0 Å². The van der Waals surface area contributed by atoms with Gasteiger partial charge in [0, 0.05) is 12.6 Å². The van der Waals surface area contributed by atoms with Gasteiger partial charge in [0.1, 0.15) is 0 Å². The molecule has 0 fully saturated rings. The Labute approximate surface area is 76.7 Å². The van der Waals surface area contributed by atoms with Gasteiger partial charge in [-0.25, -0.2) is 5.01 Å². The highest BCUT2D eigenvalue weighted by Gasteiger charge is 2.21. The molecule has 1 aliphatic rings. The van der Waals surface area contributed by atoms with Gasteiger partial charge >= 0.3 is 0 Å². The Bertz CT molecular complexity index is 321. The highest BCUT2D eigenvalue weighted by Crippen LogP contribution is 2.25. The van der Waals surface area contributed by atoms with Crippen LogP contribution in [-0.2, 0) is 4.79 Å². The molecule has 0 saturated carbocycles. The van der Waals surface area contributed by atoms with Gasteiger partial charge in [-0.3, -0.25) is 4.79 Å². The molecule has 0 radical (unpaired) electrons. The topological polar surface area (TPSA) is 32.7 Å². The molecule has 1 aliphatic heterocycles. The van der Waals surface area contributed by atoms with Crippen molar-refractivity contribution in [2.75, 3.05) is 0 Å². The van der Waals surface area contributed by atoms with E-state index in [-0.39, 0.29) is 6.04 Å². The molecule has 0 bridgehead atoms. The maximum Gasteiger partial charge on any atom is 0.230 e. The number of hydrogen-bond donors (Lipinski definition) is 0. The fraction of sp³-hybridized carbons (Fsp3) is 0.200. The molecular weight excluding hydrogens is 164 g/mol. The third-order valence-electron chi connectivity index (χ3n) is 2.16. The lowest BCUT2D eigenvalue weighted by atomic mass is 10.1. The minimum Gasteiger partial charge on any atom is -0.277 e. The normalized spacial score (nSPS) is 20.6. The van der Waals surface area contributed by atoms with Crippen molar-refractivity contribution < 1.29 is 4.79 Å². The molecule has 66 valence electrons. The van der Waals surface area contributed by atoms with Crippen molar-refractivity contribution in [1.82, 2.24) is 5.01 Å². The lowest BCUT2D eigenvalue weighted by Gasteiger charge is -2.16. The number of rotatable bonds is 2. The third kappa shape index (κ3) is 1.45. The number of carbonyl (C=O) groups is 1. The highest BCUT2D eigenvalue weighted by atomic mass is 16.1. The summed E-state index contributed by atoms with van der Waals surface area (Å²) < 4.78 is 0. The van der Waals surface area contributed by atoms with Gasteiger partial charge in [0.2, 0.25) is 6.41 Å². The van der Waals surface area contributed by atoms with Crippen molar-refractivity contribution in [1.29, 1.82) is 0 Å². The maximum atomic E-state index is 10.6. The fourth-order valence-electron chi connectivity index (χ4n) is 1.49. The summed E-state index contributed by atoms with van der Waals surface area (Å²) in [7, 11) is 0. The first-order chi connectivity index (χ1) is 6.42. The van der Waals surface area contributed by atoms with Crippen LogP contribution in [0.5, 0.6) is 0 Å². The molecule has 0 N–H and O–H groups in total. The Hall–Kier alpha value is -1.64. The lowest BCUT2D eigenvalue weighted by molar-refractivity contribution is -0.119. The lowest BCUT2D eigenvalue weighted by Crippen LogP contribution is -2.17. The van der Waals surface area contributed by atoms with E-state index in [1.165, 1.54) is 5.01 Å². The van der Waals surface area contributed by atoms with E-state index in [0.717, 1.165) is 18.4 Å². The Morgan fingerprint density at radius 3 is 2.85 bits per heavy atom. The van der Waals surface area contributed by atoms with Crippen LogP contribution in [0.4, 0.5) is 0 Å². The first-order valence-electron chi connectivity index (χ1n) is 4.23. The molecule has 0 spiro atoms. The molecule has 1 atom stereocenters. The number of carbonyl (C=O) groups excluding carboxylic acids is 1. The van der Waals surface area contributed by atoms with E-state index in [1.807, 2.05) is 30.3 Å². The van der Waals surface area contributed by atoms with E-state index in [4.69, 9.17) is 0 Å². The summed E-state index contributed by atoms with van der Waals surface area (Å²) in [4.78, 5) is 10.6. The van der Waals surface area contributed by atoms with Crippen molar-refractivity contribution in [3.8, 4) is 0 Å². The first kappa shape index (κ1) is 7.98. The summed E-state index contributed by atoms with van der Waals surface area (Å²) in [5, 5.41) is 5.41. The largest absolute Gasteiger partial charge is 0.277 e. The fourth-order valence-corrected chi connectivity index (χ4v) is 1.49. The molecule has 13 heavy (non-hydrogen) atoms. The van der Waals surface area contributed by atoms with E-state index in [9.17, 15) is 4.79 Å². The molecule has 0 saturated heterocycles. The number of amides is 1. The van der Waals surface area contributed by atoms with E-state index < -0.39 is 0 Å². The Balaban J connectivity index is 2.23. The number of benzene rings is 1. The Morgan fingerprint density at radius 1 is 1.38 bits per heavy atom. The predicted octanol–water partition coefficient (Wildman–Crippen LogP) is 1.58. The number of hydrazone groups is 1. The van der Waals surface area contributed by atoms with Crippen LogP contribution in [0.2, 0.25) is 0 Å². The minimum absolute atomic E-state index is 0.0960. The van der Waals surface area contributed by atoms with E-state index in [1.54, 1.807) is 6.21 Å². The van der Waals surface area contributed by atoms with E-state index in [0.29, 0.717) is 0 Å². The predicted molar refractivity (Wildman–Crippen MR) is 50.2 cm³/mol. The van der Waals surface area contributed by atoms with Crippen LogP contribution >= 0.6 is 0 Å². The van der Waals surface area contributed by atoms with Gasteiger partial charge in [0.15, 0.2) is 0 Å². The number of nitrogens with zero attached hydrogens (tertiary/aromatic N) is 2. The molecule has 3 heteroatoms. The zero-order valence-corrected chi connectivity index (χ0v) is 7.13. The Kier molecular flexibility index (Phi) is 2.08. The molecule has 1 aromatic rings. The zero-order valence-electron chi connectivity index (χ0n) is 7.13. The van der Waals surface area contributed by atoms with Gasteiger partial charge in [-0.15, -0.1) is 0 Å². The zero-order chi connectivity index (χ0) is 9.10.